The second kappa shape index (κ2) is 7.43. The summed E-state index contributed by atoms with van der Waals surface area (Å²) in [6, 6.07) is 7.26. The van der Waals surface area contributed by atoms with E-state index >= 15 is 0 Å². The number of nitrogens with one attached hydrogen (secondary N) is 1. The Hall–Kier alpha value is -0.580. The van der Waals surface area contributed by atoms with E-state index in [1.54, 1.807) is 0 Å². The molecule has 1 N–H and O–H groups in total. The topological polar surface area (TPSA) is 18.5 Å². The number of benzene rings is 1. The van der Waals surface area contributed by atoms with Crippen molar-refractivity contribution in [1.29, 1.82) is 0 Å². The smallest absolute Gasteiger partial charge is 0.0421 e. The Bertz CT molecular complexity index is 436. The van der Waals surface area contributed by atoms with Crippen molar-refractivity contribution in [3.05, 3.63) is 28.2 Å². The molecule has 0 aliphatic carbocycles. The summed E-state index contributed by atoms with van der Waals surface area (Å²) < 4.78 is 1.15. The Labute approximate surface area is 131 Å². The fourth-order valence-electron chi connectivity index (χ4n) is 3.16. The van der Waals surface area contributed by atoms with Crippen molar-refractivity contribution in [3.8, 4) is 0 Å². The van der Waals surface area contributed by atoms with Crippen LogP contribution in [0, 0.1) is 0 Å². The van der Waals surface area contributed by atoms with E-state index in [2.05, 4.69) is 63.2 Å². The lowest BCUT2D eigenvalue weighted by atomic mass is 10.1. The van der Waals surface area contributed by atoms with Gasteiger partial charge >= 0.3 is 0 Å². The molecule has 4 heteroatoms. The molecule has 1 unspecified atom stereocenters. The van der Waals surface area contributed by atoms with E-state index in [0.29, 0.717) is 6.04 Å². The monoisotopic (exact) mass is 339 g/mol. The summed E-state index contributed by atoms with van der Waals surface area (Å²) in [7, 11) is 4.22. The third-order valence-corrected chi connectivity index (χ3v) is 4.71. The van der Waals surface area contributed by atoms with E-state index in [0.717, 1.165) is 17.6 Å². The van der Waals surface area contributed by atoms with Crippen LogP contribution in [0.3, 0.4) is 0 Å². The number of anilines is 1. The van der Waals surface area contributed by atoms with Crippen LogP contribution in [0.1, 0.15) is 25.3 Å². The largest absolute Gasteiger partial charge is 0.373 e. The van der Waals surface area contributed by atoms with Crippen molar-refractivity contribution in [2.75, 3.05) is 38.6 Å². The van der Waals surface area contributed by atoms with Gasteiger partial charge in [0.15, 0.2) is 0 Å². The van der Waals surface area contributed by atoms with Crippen LogP contribution in [-0.2, 0) is 6.54 Å². The normalized spacial score (nSPS) is 19.5. The molecule has 20 heavy (non-hydrogen) atoms. The van der Waals surface area contributed by atoms with Gasteiger partial charge in [-0.25, -0.2) is 0 Å². The summed E-state index contributed by atoms with van der Waals surface area (Å²) in [5, 5.41) is 3.26. The Morgan fingerprint density at radius 3 is 2.95 bits per heavy atom. The first-order valence-corrected chi connectivity index (χ1v) is 8.33. The van der Waals surface area contributed by atoms with Crippen molar-refractivity contribution >= 4 is 21.6 Å². The summed E-state index contributed by atoms with van der Waals surface area (Å²) in [4.78, 5) is 5.02. The van der Waals surface area contributed by atoms with Gasteiger partial charge < -0.3 is 10.2 Å². The van der Waals surface area contributed by atoms with E-state index in [-0.39, 0.29) is 0 Å². The molecule has 1 aromatic rings. The Morgan fingerprint density at radius 1 is 1.45 bits per heavy atom. The van der Waals surface area contributed by atoms with E-state index in [4.69, 9.17) is 0 Å². The molecule has 1 aromatic carbocycles. The molecule has 1 aliphatic heterocycles. The minimum absolute atomic E-state index is 0.700. The van der Waals surface area contributed by atoms with Crippen LogP contribution in [0.5, 0.6) is 0 Å². The molecular weight excluding hydrogens is 314 g/mol. The zero-order valence-corrected chi connectivity index (χ0v) is 14.4. The van der Waals surface area contributed by atoms with Crippen LogP contribution in [0.25, 0.3) is 0 Å². The maximum Gasteiger partial charge on any atom is 0.0421 e. The fraction of sp³-hybridized carbons (Fsp3) is 0.625. The highest BCUT2D eigenvalue weighted by Gasteiger charge is 2.24. The molecule has 0 radical (unpaired) electrons. The van der Waals surface area contributed by atoms with E-state index in [1.807, 2.05) is 7.05 Å². The molecule has 0 spiro atoms. The average molecular weight is 340 g/mol. The van der Waals surface area contributed by atoms with Crippen LogP contribution >= 0.6 is 15.9 Å². The number of hydrogen-bond acceptors (Lipinski definition) is 3. The van der Waals surface area contributed by atoms with Gasteiger partial charge in [-0.3, -0.25) is 4.90 Å². The van der Waals surface area contributed by atoms with E-state index in [1.165, 1.54) is 37.2 Å². The van der Waals surface area contributed by atoms with Gasteiger partial charge in [-0.05, 0) is 50.7 Å². The number of hydrogen-bond donors (Lipinski definition) is 1. The molecule has 1 fully saturated rings. The lowest BCUT2D eigenvalue weighted by Gasteiger charge is -2.30. The first-order valence-electron chi connectivity index (χ1n) is 7.54. The molecule has 0 saturated carbocycles. The zero-order valence-electron chi connectivity index (χ0n) is 12.8. The zero-order chi connectivity index (χ0) is 14.5. The van der Waals surface area contributed by atoms with Gasteiger partial charge in [0.2, 0.25) is 0 Å². The number of likely N-dealkylation sites (tertiary alicyclic amines) is 1. The summed E-state index contributed by atoms with van der Waals surface area (Å²) in [5.74, 6) is 0. The van der Waals surface area contributed by atoms with E-state index in [9.17, 15) is 0 Å². The molecule has 1 saturated heterocycles. The predicted octanol–water partition coefficient (Wildman–Crippen LogP) is 3.09. The van der Waals surface area contributed by atoms with Gasteiger partial charge in [-0.1, -0.05) is 28.9 Å². The highest BCUT2D eigenvalue weighted by molar-refractivity contribution is 9.10. The highest BCUT2D eigenvalue weighted by atomic mass is 79.9. The lowest BCUT2D eigenvalue weighted by Crippen LogP contribution is -2.39. The first-order chi connectivity index (χ1) is 9.65. The van der Waals surface area contributed by atoms with Gasteiger partial charge in [0, 0.05) is 36.3 Å². The van der Waals surface area contributed by atoms with Gasteiger partial charge in [0.1, 0.15) is 0 Å². The standard InChI is InChI=1S/C16H26BrN3/c1-4-20-9-5-6-15(20)12-19(3)16-10-14(17)8-7-13(16)11-18-2/h7-8,10,15,18H,4-6,9,11-12H2,1-3H3. The lowest BCUT2D eigenvalue weighted by molar-refractivity contribution is 0.270. The average Bonchev–Trinajstić information content (AvgIpc) is 2.88. The minimum Gasteiger partial charge on any atom is -0.373 e. The highest BCUT2D eigenvalue weighted by Crippen LogP contribution is 2.26. The minimum atomic E-state index is 0.700. The Morgan fingerprint density at radius 2 is 2.25 bits per heavy atom. The van der Waals surface area contributed by atoms with Crippen molar-refractivity contribution in [3.63, 3.8) is 0 Å². The Balaban J connectivity index is 2.11. The van der Waals surface area contributed by atoms with Gasteiger partial charge in [0.25, 0.3) is 0 Å². The quantitative estimate of drug-likeness (QED) is 0.859. The Kier molecular flexibility index (Phi) is 5.87. The number of rotatable bonds is 6. The SMILES string of the molecule is CCN1CCCC1CN(C)c1cc(Br)ccc1CNC. The summed E-state index contributed by atoms with van der Waals surface area (Å²) >= 11 is 3.60. The second-order valence-electron chi connectivity index (χ2n) is 5.61. The third kappa shape index (κ3) is 3.74. The fourth-order valence-corrected chi connectivity index (χ4v) is 3.51. The molecule has 112 valence electrons. The van der Waals surface area contributed by atoms with Crippen LogP contribution in [-0.4, -0.2) is 44.7 Å². The van der Waals surface area contributed by atoms with Crippen LogP contribution in [0.4, 0.5) is 5.69 Å². The molecule has 3 nitrogen and oxygen atoms in total. The van der Waals surface area contributed by atoms with Gasteiger partial charge in [-0.2, -0.15) is 0 Å². The predicted molar refractivity (Wildman–Crippen MR) is 90.4 cm³/mol. The number of likely N-dealkylation sites (N-methyl/N-ethyl adjacent to an activating group) is 2. The van der Waals surface area contributed by atoms with Gasteiger partial charge in [0.05, 0.1) is 0 Å². The third-order valence-electron chi connectivity index (χ3n) is 4.22. The first kappa shape index (κ1) is 15.8. The van der Waals surface area contributed by atoms with Crippen molar-refractivity contribution in [2.45, 2.75) is 32.4 Å². The molecule has 1 atom stereocenters. The summed E-state index contributed by atoms with van der Waals surface area (Å²) in [6.45, 7) is 6.72. The number of halogens is 1. The molecule has 0 amide bonds. The molecular formula is C16H26BrN3. The summed E-state index contributed by atoms with van der Waals surface area (Å²) in [5.41, 5.74) is 2.69. The molecule has 0 bridgehead atoms. The number of nitrogens with zero attached hydrogens (tertiary/aromatic N) is 2. The van der Waals surface area contributed by atoms with E-state index < -0.39 is 0 Å². The van der Waals surface area contributed by atoms with Gasteiger partial charge in [-0.15, -0.1) is 0 Å². The molecule has 1 aliphatic rings. The van der Waals surface area contributed by atoms with Crippen molar-refractivity contribution in [2.24, 2.45) is 0 Å². The molecule has 2 rings (SSSR count). The summed E-state index contributed by atoms with van der Waals surface area (Å²) in [6.07, 6.45) is 2.67. The maximum atomic E-state index is 3.60. The molecule has 0 aromatic heterocycles. The van der Waals surface area contributed by atoms with Crippen LogP contribution < -0.4 is 10.2 Å². The van der Waals surface area contributed by atoms with Crippen LogP contribution in [0.15, 0.2) is 22.7 Å². The van der Waals surface area contributed by atoms with Crippen molar-refractivity contribution < 1.29 is 0 Å². The molecule has 1 heterocycles. The van der Waals surface area contributed by atoms with Crippen LogP contribution in [0.2, 0.25) is 0 Å². The second-order valence-corrected chi connectivity index (χ2v) is 6.52. The maximum absolute atomic E-state index is 3.60. The van der Waals surface area contributed by atoms with Crippen molar-refractivity contribution in [1.82, 2.24) is 10.2 Å².